The van der Waals surface area contributed by atoms with Crippen LogP contribution >= 0.6 is 12.2 Å². The number of nitrogens with one attached hydrogen (secondary N) is 2. The first kappa shape index (κ1) is 21.4. The van der Waals surface area contributed by atoms with Gasteiger partial charge in [-0.2, -0.15) is 0 Å². The van der Waals surface area contributed by atoms with E-state index in [9.17, 15) is 4.79 Å². The highest BCUT2D eigenvalue weighted by Crippen LogP contribution is 2.39. The summed E-state index contributed by atoms with van der Waals surface area (Å²) >= 11 is 5.64. The zero-order valence-electron chi connectivity index (χ0n) is 17.8. The third-order valence-electron chi connectivity index (χ3n) is 5.86. The van der Waals surface area contributed by atoms with Crippen LogP contribution in [0.4, 0.5) is 0 Å². The summed E-state index contributed by atoms with van der Waals surface area (Å²) in [7, 11) is 3.28. The Morgan fingerprint density at radius 3 is 2.71 bits per heavy atom. The van der Waals surface area contributed by atoms with Crippen molar-refractivity contribution in [1.29, 1.82) is 0 Å². The average molecular weight is 441 g/mol. The van der Waals surface area contributed by atoms with Gasteiger partial charge in [-0.1, -0.05) is 6.07 Å². The summed E-state index contributed by atoms with van der Waals surface area (Å²) in [5, 5.41) is 7.17. The van der Waals surface area contributed by atoms with Gasteiger partial charge < -0.3 is 25.0 Å². The lowest BCUT2D eigenvalue weighted by Gasteiger charge is -2.21. The molecule has 1 aromatic carbocycles. The van der Waals surface area contributed by atoms with Crippen molar-refractivity contribution in [2.45, 2.75) is 31.3 Å². The average Bonchev–Trinajstić information content (AvgIpc) is 3.51. The van der Waals surface area contributed by atoms with Crippen LogP contribution in [0, 0.1) is 5.92 Å². The van der Waals surface area contributed by atoms with Crippen molar-refractivity contribution in [3.05, 3.63) is 53.9 Å². The van der Waals surface area contributed by atoms with E-state index in [-0.39, 0.29) is 17.7 Å². The molecule has 2 fully saturated rings. The maximum absolute atomic E-state index is 13.3. The molecule has 164 valence electrons. The predicted octanol–water partition coefficient (Wildman–Crippen LogP) is 2.47. The van der Waals surface area contributed by atoms with Crippen molar-refractivity contribution in [3.63, 3.8) is 0 Å². The number of hydrogen-bond donors (Lipinski definition) is 2. The zero-order valence-corrected chi connectivity index (χ0v) is 18.7. The molecule has 7 nitrogen and oxygen atoms in total. The van der Waals surface area contributed by atoms with Gasteiger partial charge in [-0.15, -0.1) is 0 Å². The largest absolute Gasteiger partial charge is 0.497 e. The molecular formula is C23H28N4O3S. The molecule has 2 aromatic rings. The highest BCUT2D eigenvalue weighted by molar-refractivity contribution is 7.80. The van der Waals surface area contributed by atoms with Gasteiger partial charge in [0.05, 0.1) is 32.4 Å². The lowest BCUT2D eigenvalue weighted by atomic mass is 9.87. The summed E-state index contributed by atoms with van der Waals surface area (Å²) in [6.07, 6.45) is 4.02. The Kier molecular flexibility index (Phi) is 6.56. The van der Waals surface area contributed by atoms with E-state index in [1.807, 2.05) is 36.4 Å². The summed E-state index contributed by atoms with van der Waals surface area (Å²) in [6.45, 7) is 1.59. The second-order valence-electron chi connectivity index (χ2n) is 7.99. The van der Waals surface area contributed by atoms with Gasteiger partial charge in [-0.05, 0) is 55.4 Å². The van der Waals surface area contributed by atoms with Crippen LogP contribution in [-0.4, -0.2) is 54.3 Å². The zero-order chi connectivity index (χ0) is 21.8. The highest BCUT2D eigenvalue weighted by atomic mass is 32.1. The molecule has 1 aliphatic carbocycles. The summed E-state index contributed by atoms with van der Waals surface area (Å²) in [4.78, 5) is 19.7. The van der Waals surface area contributed by atoms with Crippen molar-refractivity contribution in [1.82, 2.24) is 20.5 Å². The van der Waals surface area contributed by atoms with Gasteiger partial charge in [-0.3, -0.25) is 9.78 Å². The number of likely N-dealkylation sites (tertiary alicyclic amines) is 1. The topological polar surface area (TPSA) is 75.7 Å². The van der Waals surface area contributed by atoms with Gasteiger partial charge in [-0.25, -0.2) is 0 Å². The molecule has 1 saturated heterocycles. The van der Waals surface area contributed by atoms with Crippen LogP contribution in [0.25, 0.3) is 0 Å². The third-order valence-corrected chi connectivity index (χ3v) is 6.23. The van der Waals surface area contributed by atoms with Crippen LogP contribution in [0.1, 0.15) is 30.0 Å². The molecule has 0 bridgehead atoms. The number of carbonyl (C=O) groups excluding carboxylic acids is 1. The lowest BCUT2D eigenvalue weighted by molar-refractivity contribution is -0.125. The van der Waals surface area contributed by atoms with E-state index >= 15 is 0 Å². The molecular weight excluding hydrogens is 412 g/mol. The number of carbonyl (C=O) groups is 1. The van der Waals surface area contributed by atoms with Gasteiger partial charge in [0.15, 0.2) is 5.11 Å². The van der Waals surface area contributed by atoms with Gasteiger partial charge in [0.1, 0.15) is 11.5 Å². The maximum atomic E-state index is 13.3. The Hall–Kier alpha value is -2.87. The lowest BCUT2D eigenvalue weighted by Crippen LogP contribution is -2.40. The number of hydrogen-bond acceptors (Lipinski definition) is 5. The molecule has 2 atom stereocenters. The third kappa shape index (κ3) is 5.07. The minimum Gasteiger partial charge on any atom is -0.497 e. The van der Waals surface area contributed by atoms with E-state index in [1.54, 1.807) is 20.4 Å². The normalized spacial score (nSPS) is 20.3. The fraction of sp³-hybridized carbons (Fsp3) is 0.435. The first-order valence-electron chi connectivity index (χ1n) is 10.5. The Labute approximate surface area is 188 Å². The van der Waals surface area contributed by atoms with Crippen LogP contribution in [-0.2, 0) is 11.3 Å². The first-order valence-corrected chi connectivity index (χ1v) is 10.9. The van der Waals surface area contributed by atoms with Gasteiger partial charge in [0.2, 0.25) is 5.91 Å². The highest BCUT2D eigenvalue weighted by Gasteiger charge is 2.41. The van der Waals surface area contributed by atoms with E-state index in [0.717, 1.165) is 40.7 Å². The Bertz CT molecular complexity index is 936. The molecule has 1 saturated carbocycles. The number of methoxy groups -OCH3 is 2. The van der Waals surface area contributed by atoms with Crippen LogP contribution in [0.2, 0.25) is 0 Å². The van der Waals surface area contributed by atoms with E-state index in [1.165, 1.54) is 0 Å². The molecule has 2 N–H and O–H groups in total. The van der Waals surface area contributed by atoms with E-state index in [4.69, 9.17) is 21.7 Å². The number of pyridine rings is 1. The van der Waals surface area contributed by atoms with Crippen molar-refractivity contribution < 1.29 is 14.3 Å². The Morgan fingerprint density at radius 1 is 1.19 bits per heavy atom. The molecule has 2 aliphatic rings. The predicted molar refractivity (Wildman–Crippen MR) is 122 cm³/mol. The number of rotatable bonds is 7. The molecule has 2 heterocycles. The van der Waals surface area contributed by atoms with Crippen molar-refractivity contribution >= 4 is 23.2 Å². The standard InChI is InChI=1S/C23H28N4O3S/c1-29-17-8-9-21(30-2)18(11-17)19-13-27(23(31)26-15-6-7-15)14-20(19)22(28)25-12-16-5-3-4-10-24-16/h3-5,8-11,15,19-20H,6-7,12-14H2,1-2H3,(H,25,28)(H,26,31)/t19-,20-/m1/s1. The SMILES string of the molecule is COc1ccc(OC)c([C@H]2CN(C(=S)NC3CC3)C[C@H]2C(=O)NCc2ccccn2)c1. The number of nitrogens with zero attached hydrogens (tertiary/aromatic N) is 2. The second-order valence-corrected chi connectivity index (χ2v) is 8.38. The van der Waals surface area contributed by atoms with Crippen LogP contribution in [0.3, 0.4) is 0 Å². The van der Waals surface area contributed by atoms with Gasteiger partial charge in [0, 0.05) is 36.8 Å². The molecule has 0 spiro atoms. The smallest absolute Gasteiger partial charge is 0.225 e. The van der Waals surface area contributed by atoms with Gasteiger partial charge in [0.25, 0.3) is 0 Å². The molecule has 4 rings (SSSR count). The van der Waals surface area contributed by atoms with E-state index < -0.39 is 0 Å². The Morgan fingerprint density at radius 2 is 2.03 bits per heavy atom. The Balaban J connectivity index is 1.56. The van der Waals surface area contributed by atoms with Crippen LogP contribution in [0.5, 0.6) is 11.5 Å². The minimum absolute atomic E-state index is 0.0164. The molecule has 1 aromatic heterocycles. The summed E-state index contributed by atoms with van der Waals surface area (Å²) in [5.74, 6) is 1.12. The monoisotopic (exact) mass is 440 g/mol. The fourth-order valence-electron chi connectivity index (χ4n) is 3.98. The van der Waals surface area contributed by atoms with E-state index in [0.29, 0.717) is 25.7 Å². The van der Waals surface area contributed by atoms with Crippen molar-refractivity contribution in [2.24, 2.45) is 5.92 Å². The summed E-state index contributed by atoms with van der Waals surface area (Å²) < 4.78 is 11.1. The quantitative estimate of drug-likeness (QED) is 0.641. The first-order chi connectivity index (χ1) is 15.1. The molecule has 0 unspecified atom stereocenters. The molecule has 0 radical (unpaired) electrons. The van der Waals surface area contributed by atoms with Crippen LogP contribution < -0.4 is 20.1 Å². The van der Waals surface area contributed by atoms with E-state index in [2.05, 4.69) is 20.5 Å². The molecule has 8 heteroatoms. The number of amides is 1. The number of ether oxygens (including phenoxy) is 2. The van der Waals surface area contributed by atoms with Gasteiger partial charge >= 0.3 is 0 Å². The summed E-state index contributed by atoms with van der Waals surface area (Å²) in [5.41, 5.74) is 1.78. The fourth-order valence-corrected chi connectivity index (χ4v) is 4.30. The second kappa shape index (κ2) is 9.51. The molecule has 31 heavy (non-hydrogen) atoms. The van der Waals surface area contributed by atoms with Crippen molar-refractivity contribution in [3.8, 4) is 11.5 Å². The number of thiocarbonyl (C=S) groups is 1. The summed E-state index contributed by atoms with van der Waals surface area (Å²) in [6, 6.07) is 11.9. The maximum Gasteiger partial charge on any atom is 0.225 e. The minimum atomic E-state index is -0.274. The number of aromatic nitrogens is 1. The molecule has 1 amide bonds. The molecule has 1 aliphatic heterocycles. The number of benzene rings is 1. The van der Waals surface area contributed by atoms with Crippen LogP contribution in [0.15, 0.2) is 42.6 Å². The van der Waals surface area contributed by atoms with Crippen molar-refractivity contribution in [2.75, 3.05) is 27.3 Å².